The Morgan fingerprint density at radius 1 is 0.545 bits per heavy atom. The van der Waals surface area contributed by atoms with E-state index >= 15 is 0 Å². The number of carboxylic acids is 1. The lowest BCUT2D eigenvalue weighted by molar-refractivity contribution is -0.142. The van der Waals surface area contributed by atoms with E-state index in [1.54, 1.807) is 24.3 Å². The molecule has 3 aromatic rings. The largest absolute Gasteiger partial charge is 0.481 e. The lowest BCUT2D eigenvalue weighted by atomic mass is 10.0. The van der Waals surface area contributed by atoms with E-state index in [1.807, 2.05) is 60.7 Å². The van der Waals surface area contributed by atoms with Gasteiger partial charge in [0.25, 0.3) is 5.91 Å². The molecule has 2 aliphatic rings. The summed E-state index contributed by atoms with van der Waals surface area (Å²) in [4.78, 5) is 155. The number of hydrogen-bond donors (Lipinski definition) is 9. The number of aryl methyl sites for hydroxylation is 1. The summed E-state index contributed by atoms with van der Waals surface area (Å²) in [5, 5.41) is 21.5. The molecule has 0 radical (unpaired) electrons. The van der Waals surface area contributed by atoms with Gasteiger partial charge in [0, 0.05) is 93.5 Å². The first kappa shape index (κ1) is 72.7. The fourth-order valence-corrected chi connectivity index (χ4v) is 11.0. The molecule has 5 rings (SSSR count). The van der Waals surface area contributed by atoms with Crippen molar-refractivity contribution < 1.29 is 57.8 Å². The number of fused-ring (bicyclic) bond motifs is 29. The highest BCUT2D eigenvalue weighted by Gasteiger charge is 2.30. The minimum Gasteiger partial charge on any atom is -0.481 e. The summed E-state index contributed by atoms with van der Waals surface area (Å²) in [5.41, 5.74) is 26.0. The smallest absolute Gasteiger partial charge is 0.303 e. The van der Waals surface area contributed by atoms with Crippen molar-refractivity contribution in [2.75, 3.05) is 77.7 Å². The number of unbranched alkanes of at least 4 members (excludes halogenated alkanes) is 2. The molecule has 2 heterocycles. The molecule has 0 saturated carbocycles. The number of nitrogens with zero attached hydrogens (tertiary/aromatic N) is 4. The molecule has 3 aromatic carbocycles. The molecule has 2 aliphatic heterocycles. The molecule has 88 heavy (non-hydrogen) atoms. The molecular weight excluding hydrogens is 1150 g/mol. The average molecular weight is 1240 g/mol. The van der Waals surface area contributed by atoms with E-state index in [1.165, 1.54) is 38.3 Å². The van der Waals surface area contributed by atoms with E-state index in [2.05, 4.69) is 21.3 Å². The van der Waals surface area contributed by atoms with Crippen LogP contribution in [0.4, 0.5) is 0 Å². The number of nitrogens with two attached hydrogens (primary N) is 4. The van der Waals surface area contributed by atoms with Crippen LogP contribution in [0.25, 0.3) is 0 Å². The van der Waals surface area contributed by atoms with Crippen LogP contribution in [0.3, 0.4) is 0 Å². The van der Waals surface area contributed by atoms with E-state index < -0.39 is 122 Å². The monoisotopic (exact) mass is 1240 g/mol. The van der Waals surface area contributed by atoms with Crippen molar-refractivity contribution in [1.29, 1.82) is 0 Å². The van der Waals surface area contributed by atoms with Crippen LogP contribution in [-0.4, -0.2) is 192 Å². The molecule has 13 N–H and O–H groups in total. The lowest BCUT2D eigenvalue weighted by Crippen LogP contribution is -2.55. The van der Waals surface area contributed by atoms with Crippen molar-refractivity contribution in [3.63, 3.8) is 0 Å². The van der Waals surface area contributed by atoms with Gasteiger partial charge in [-0.25, -0.2) is 0 Å². The average Bonchev–Trinajstić information content (AvgIpc) is 3.57. The third-order valence-corrected chi connectivity index (χ3v) is 15.7. The van der Waals surface area contributed by atoms with Gasteiger partial charge in [-0.2, -0.15) is 11.8 Å². The molecule has 4 atom stereocenters. The van der Waals surface area contributed by atoms with Gasteiger partial charge in [-0.15, -0.1) is 0 Å². The lowest BCUT2D eigenvalue weighted by Gasteiger charge is -2.32. The van der Waals surface area contributed by atoms with Gasteiger partial charge in [-0.1, -0.05) is 85.6 Å². The van der Waals surface area contributed by atoms with Gasteiger partial charge in [0.15, 0.2) is 0 Å². The normalized spacial score (nSPS) is 18.7. The van der Waals surface area contributed by atoms with Crippen molar-refractivity contribution in [2.24, 2.45) is 22.9 Å². The predicted molar refractivity (Wildman–Crippen MR) is 336 cm³/mol. The second-order valence-corrected chi connectivity index (χ2v) is 23.4. The zero-order valence-corrected chi connectivity index (χ0v) is 51.7. The highest BCUT2D eigenvalue weighted by molar-refractivity contribution is 7.98. The van der Waals surface area contributed by atoms with Crippen LogP contribution in [0.15, 0.2) is 84.9 Å². The maximum atomic E-state index is 14.6. The summed E-state index contributed by atoms with van der Waals surface area (Å²) in [5.74, 6) is -5.81. The molecule has 0 aliphatic carbocycles. The number of carbonyl (C=O) groups excluding carboxylic acids is 10. The first-order chi connectivity index (χ1) is 42.2. The molecule has 0 fully saturated rings. The van der Waals surface area contributed by atoms with E-state index in [-0.39, 0.29) is 83.5 Å². The highest BCUT2D eigenvalue weighted by atomic mass is 32.2. The van der Waals surface area contributed by atoms with Gasteiger partial charge >= 0.3 is 5.97 Å². The van der Waals surface area contributed by atoms with E-state index in [0.29, 0.717) is 75.1 Å². The number of benzene rings is 3. The van der Waals surface area contributed by atoms with Gasteiger partial charge in [0.2, 0.25) is 47.3 Å². The Balaban J connectivity index is 1.83. The van der Waals surface area contributed by atoms with Crippen molar-refractivity contribution in [2.45, 2.75) is 140 Å². The Labute approximate surface area is 520 Å². The summed E-state index contributed by atoms with van der Waals surface area (Å²) in [7, 11) is 0. The first-order valence-electron chi connectivity index (χ1n) is 30.4. The third-order valence-electron chi connectivity index (χ3n) is 14.7. The Hall–Kier alpha value is -7.74. The topological polar surface area (TPSA) is 373 Å². The quantitative estimate of drug-likeness (QED) is 0.0456. The number of primary amides is 1. The molecule has 0 saturated heterocycles. The highest BCUT2D eigenvalue weighted by Crippen LogP contribution is 2.18. The first-order valence-corrected chi connectivity index (χ1v) is 31.5. The number of ketones is 1. The van der Waals surface area contributed by atoms with E-state index in [9.17, 15) is 57.8 Å². The molecule has 0 unspecified atom stereocenters. The van der Waals surface area contributed by atoms with Crippen LogP contribution in [0.5, 0.6) is 0 Å². The van der Waals surface area contributed by atoms with Gasteiger partial charge in [0.05, 0.1) is 38.6 Å². The number of Topliss-reactive ketones (excluding diaryl/α,β-unsaturated/α-hetero) is 1. The number of nitrogens with one attached hydrogen (secondary N) is 4. The molecule has 24 nitrogen and oxygen atoms in total. The Morgan fingerprint density at radius 3 is 1.56 bits per heavy atom. The van der Waals surface area contributed by atoms with Crippen LogP contribution in [0.1, 0.15) is 124 Å². The fourth-order valence-electron chi connectivity index (χ4n) is 10.1. The maximum Gasteiger partial charge on any atom is 0.303 e. The number of rotatable bonds is 24. The molecule has 482 valence electrons. The summed E-state index contributed by atoms with van der Waals surface area (Å²) >= 11 is 1.42. The number of thioether (sulfide) groups is 1. The van der Waals surface area contributed by atoms with Crippen LogP contribution < -0.4 is 44.2 Å². The van der Waals surface area contributed by atoms with Crippen LogP contribution in [0.2, 0.25) is 0 Å². The van der Waals surface area contributed by atoms with Crippen molar-refractivity contribution in [1.82, 2.24) is 40.9 Å². The summed E-state index contributed by atoms with van der Waals surface area (Å²) in [6, 6.07) is 22.0. The minimum absolute atomic E-state index is 0.0184. The Morgan fingerprint density at radius 2 is 1.03 bits per heavy atom. The second kappa shape index (κ2) is 40.7. The molecule has 2 bridgehead atoms. The molecular formula is C63H92N12O12S. The zero-order valence-electron chi connectivity index (χ0n) is 50.8. The van der Waals surface area contributed by atoms with Crippen LogP contribution in [-0.2, 0) is 66.5 Å². The van der Waals surface area contributed by atoms with Crippen LogP contribution >= 0.6 is 11.8 Å². The van der Waals surface area contributed by atoms with Gasteiger partial charge in [-0.3, -0.25) is 47.9 Å². The number of amides is 9. The summed E-state index contributed by atoms with van der Waals surface area (Å²) in [6.45, 7) is -0.518. The molecule has 25 heteroatoms. The summed E-state index contributed by atoms with van der Waals surface area (Å²) < 4.78 is 0. The van der Waals surface area contributed by atoms with Gasteiger partial charge < -0.3 is 73.7 Å². The third kappa shape index (κ3) is 29.3. The maximum absolute atomic E-state index is 14.6. The van der Waals surface area contributed by atoms with E-state index in [0.717, 1.165) is 16.7 Å². The minimum atomic E-state index is -1.23. The number of carbonyl (C=O) groups is 11. The van der Waals surface area contributed by atoms with E-state index in [4.69, 9.17) is 22.9 Å². The van der Waals surface area contributed by atoms with Gasteiger partial charge in [0.1, 0.15) is 5.78 Å². The Kier molecular flexibility index (Phi) is 33.6. The number of carboxylic acid groups (broad SMARTS) is 1. The standard InChI is InChI=1S/C63H92N12O12S/c1-45(76)20-26-52-38-72(40-54(67)77)61(84)30-34-88-44-48-21-24-49(25-22-48)63(87)71-51(18-9-11-32-65)37-74(60(83)28-29-62(85)86)43-57(80)70-53(35-47-15-6-3-7-16-47)39-75(59(82)27-23-46-13-4-2-5-14-46)42-55(78)68-50(17-8-10-31-64)36-73(41-56(79)69-52)58(81)19-12-33-66/h2-7,13-16,21-22,24-25,50-53H,8-12,17-20,23,26-44,64-66H2,1H3,(H2,67,77)(H,68,78)(H,69,79)(H,70,80)(H,71,87)(H,85,86)/t50-,51-,52-,53-/m0/s1. The van der Waals surface area contributed by atoms with Crippen molar-refractivity contribution in [3.8, 4) is 0 Å². The van der Waals surface area contributed by atoms with Crippen molar-refractivity contribution >= 4 is 76.7 Å². The summed E-state index contributed by atoms with van der Waals surface area (Å²) in [6.07, 6.45) is 2.63. The number of hydrogen-bond acceptors (Lipinski definition) is 15. The SMILES string of the molecule is CC(=O)CC[C@H]1CN(CC(N)=O)C(=O)CCSCc2ccc(cc2)C(=O)N[C@@H](CCCCN)CN(C(=O)CCC(=O)O)CC(=O)N[C@@H](Cc2ccccc2)CN(C(=O)CCc2ccccc2)CC(=O)N[C@@H](CCCCN)CN(C(=O)CCCN)CC(=O)N1. The fraction of sp³-hybridized carbons (Fsp3) is 0.540. The molecule has 0 aromatic heterocycles. The molecule has 9 amide bonds. The van der Waals surface area contributed by atoms with Crippen molar-refractivity contribution in [3.05, 3.63) is 107 Å². The second-order valence-electron chi connectivity index (χ2n) is 22.3. The Bertz CT molecular complexity index is 2730. The van der Waals surface area contributed by atoms with Gasteiger partial charge in [-0.05, 0) is 107 Å². The van der Waals surface area contributed by atoms with Crippen LogP contribution in [0, 0.1) is 0 Å². The predicted octanol–water partition coefficient (Wildman–Crippen LogP) is 1.78. The number of aliphatic carboxylic acids is 1. The molecule has 0 spiro atoms. The zero-order chi connectivity index (χ0) is 64.2.